The highest BCUT2D eigenvalue weighted by Crippen LogP contribution is 2.06. The van der Waals surface area contributed by atoms with Gasteiger partial charge in [0, 0.05) is 26.2 Å². The molecule has 1 atom stereocenters. The van der Waals surface area contributed by atoms with Crippen molar-refractivity contribution in [3.63, 3.8) is 0 Å². The summed E-state index contributed by atoms with van der Waals surface area (Å²) in [5, 5.41) is 11.9. The first-order chi connectivity index (χ1) is 8.13. The van der Waals surface area contributed by atoms with Gasteiger partial charge in [-0.1, -0.05) is 0 Å². The van der Waals surface area contributed by atoms with E-state index in [0.717, 1.165) is 13.1 Å². The van der Waals surface area contributed by atoms with Gasteiger partial charge < -0.3 is 10.2 Å². The molecule has 0 aliphatic carbocycles. The first-order valence-corrected chi connectivity index (χ1v) is 6.16. The Balaban J connectivity index is 2.22. The maximum absolute atomic E-state index is 11.8. The van der Waals surface area contributed by atoms with Crippen LogP contribution in [0.3, 0.4) is 0 Å². The molecule has 1 aliphatic rings. The van der Waals surface area contributed by atoms with Gasteiger partial charge in [0.05, 0.1) is 19.0 Å². The molecule has 1 amide bonds. The summed E-state index contributed by atoms with van der Waals surface area (Å²) in [5.74, 6) is 0.0840. The Morgan fingerprint density at radius 2 is 2.29 bits per heavy atom. The molecular weight excluding hydrogens is 216 g/mol. The molecule has 0 saturated carbocycles. The van der Waals surface area contributed by atoms with E-state index < -0.39 is 0 Å². The Morgan fingerprint density at radius 3 is 2.88 bits per heavy atom. The molecule has 0 aromatic heterocycles. The Bertz CT molecular complexity index is 281. The van der Waals surface area contributed by atoms with E-state index in [1.165, 1.54) is 12.8 Å². The van der Waals surface area contributed by atoms with Gasteiger partial charge in [-0.15, -0.1) is 0 Å². The summed E-state index contributed by atoms with van der Waals surface area (Å²) in [5.41, 5.74) is 0. The number of nitrogens with one attached hydrogen (secondary N) is 1. The van der Waals surface area contributed by atoms with Gasteiger partial charge in [0.15, 0.2) is 0 Å². The Morgan fingerprint density at radius 1 is 1.53 bits per heavy atom. The number of carbonyl (C=O) groups is 1. The number of rotatable bonds is 6. The molecule has 0 bridgehead atoms. The second-order valence-corrected chi connectivity index (χ2v) is 4.71. The zero-order chi connectivity index (χ0) is 12.7. The molecule has 96 valence electrons. The van der Waals surface area contributed by atoms with Crippen molar-refractivity contribution in [2.24, 2.45) is 0 Å². The minimum absolute atomic E-state index is 0.0840. The van der Waals surface area contributed by atoms with Crippen molar-refractivity contribution in [3.8, 4) is 6.07 Å². The highest BCUT2D eigenvalue weighted by Gasteiger charge is 2.18. The van der Waals surface area contributed by atoms with Crippen molar-refractivity contribution in [2.45, 2.75) is 25.3 Å². The number of likely N-dealkylation sites (N-methyl/N-ethyl adjacent to an activating group) is 2. The van der Waals surface area contributed by atoms with Crippen molar-refractivity contribution in [3.05, 3.63) is 0 Å². The Hall–Kier alpha value is -1.12. The standard InChI is InChI=1S/C12H22N4O/c1-15(9-11-5-3-7-14-11)10-12(17)16(2)8-4-6-13/h11,14H,3-5,7-10H2,1-2H3. The van der Waals surface area contributed by atoms with Crippen molar-refractivity contribution in [2.75, 3.05) is 40.3 Å². The number of nitrogens with zero attached hydrogens (tertiary/aromatic N) is 3. The van der Waals surface area contributed by atoms with E-state index in [4.69, 9.17) is 5.26 Å². The molecule has 5 heteroatoms. The van der Waals surface area contributed by atoms with Crippen LogP contribution < -0.4 is 5.32 Å². The predicted octanol–water partition coefficient (Wildman–Crippen LogP) is 0.0423. The van der Waals surface area contributed by atoms with E-state index in [-0.39, 0.29) is 5.91 Å². The van der Waals surface area contributed by atoms with Crippen LogP contribution >= 0.6 is 0 Å². The molecule has 0 aromatic rings. The van der Waals surface area contributed by atoms with E-state index in [9.17, 15) is 4.79 Å². The van der Waals surface area contributed by atoms with Crippen LogP contribution in [-0.2, 0) is 4.79 Å². The fraction of sp³-hybridized carbons (Fsp3) is 0.833. The highest BCUT2D eigenvalue weighted by molar-refractivity contribution is 5.77. The van der Waals surface area contributed by atoms with Crippen molar-refractivity contribution in [1.29, 1.82) is 5.26 Å². The van der Waals surface area contributed by atoms with Crippen molar-refractivity contribution < 1.29 is 4.79 Å². The summed E-state index contributed by atoms with van der Waals surface area (Å²) in [7, 11) is 3.72. The molecule has 5 nitrogen and oxygen atoms in total. The first-order valence-electron chi connectivity index (χ1n) is 6.16. The molecule has 0 spiro atoms. The predicted molar refractivity (Wildman–Crippen MR) is 66.4 cm³/mol. The van der Waals surface area contributed by atoms with Gasteiger partial charge in [-0.3, -0.25) is 9.69 Å². The minimum atomic E-state index is 0.0840. The average molecular weight is 238 g/mol. The van der Waals surface area contributed by atoms with Crippen LogP contribution in [0.4, 0.5) is 0 Å². The second-order valence-electron chi connectivity index (χ2n) is 4.71. The van der Waals surface area contributed by atoms with Gasteiger partial charge >= 0.3 is 0 Å². The molecule has 1 aliphatic heterocycles. The molecule has 1 N–H and O–H groups in total. The third-order valence-electron chi connectivity index (χ3n) is 3.08. The average Bonchev–Trinajstić information content (AvgIpc) is 2.78. The smallest absolute Gasteiger partial charge is 0.236 e. The second kappa shape index (κ2) is 7.25. The molecule has 1 fully saturated rings. The van der Waals surface area contributed by atoms with Crippen LogP contribution in [0.1, 0.15) is 19.3 Å². The molecule has 1 rings (SSSR count). The number of nitriles is 1. The van der Waals surface area contributed by atoms with Crippen LogP contribution in [0.25, 0.3) is 0 Å². The molecular formula is C12H22N4O. The number of amides is 1. The van der Waals surface area contributed by atoms with Crippen molar-refractivity contribution in [1.82, 2.24) is 15.1 Å². The number of hydrogen-bond donors (Lipinski definition) is 1. The zero-order valence-electron chi connectivity index (χ0n) is 10.8. The summed E-state index contributed by atoms with van der Waals surface area (Å²) in [6.45, 7) is 2.96. The van der Waals surface area contributed by atoms with Gasteiger partial charge in [-0.2, -0.15) is 5.26 Å². The summed E-state index contributed by atoms with van der Waals surface area (Å²) in [6.07, 6.45) is 2.83. The lowest BCUT2D eigenvalue weighted by Crippen LogP contribution is -2.42. The molecule has 1 unspecified atom stereocenters. The molecule has 0 aromatic carbocycles. The van der Waals surface area contributed by atoms with E-state index in [0.29, 0.717) is 25.6 Å². The topological polar surface area (TPSA) is 59.4 Å². The van der Waals surface area contributed by atoms with Crippen LogP contribution in [0.5, 0.6) is 0 Å². The van der Waals surface area contributed by atoms with Crippen LogP contribution in [-0.4, -0.2) is 62.0 Å². The minimum Gasteiger partial charge on any atom is -0.344 e. The Kier molecular flexibility index (Phi) is 5.95. The monoisotopic (exact) mass is 238 g/mol. The first kappa shape index (κ1) is 13.9. The lowest BCUT2D eigenvalue weighted by Gasteiger charge is -2.23. The van der Waals surface area contributed by atoms with E-state index >= 15 is 0 Å². The fourth-order valence-electron chi connectivity index (χ4n) is 2.05. The zero-order valence-corrected chi connectivity index (χ0v) is 10.8. The van der Waals surface area contributed by atoms with Gasteiger partial charge in [-0.25, -0.2) is 0 Å². The lowest BCUT2D eigenvalue weighted by molar-refractivity contribution is -0.130. The maximum atomic E-state index is 11.8. The molecule has 1 heterocycles. The lowest BCUT2D eigenvalue weighted by atomic mass is 10.2. The molecule has 17 heavy (non-hydrogen) atoms. The van der Waals surface area contributed by atoms with Crippen LogP contribution in [0.15, 0.2) is 0 Å². The summed E-state index contributed by atoms with van der Waals surface area (Å²) in [4.78, 5) is 15.5. The maximum Gasteiger partial charge on any atom is 0.236 e. The summed E-state index contributed by atoms with van der Waals surface area (Å²) >= 11 is 0. The highest BCUT2D eigenvalue weighted by atomic mass is 16.2. The van der Waals surface area contributed by atoms with Gasteiger partial charge in [-0.05, 0) is 26.4 Å². The quantitative estimate of drug-likeness (QED) is 0.710. The van der Waals surface area contributed by atoms with Gasteiger partial charge in [0.1, 0.15) is 0 Å². The van der Waals surface area contributed by atoms with Crippen LogP contribution in [0.2, 0.25) is 0 Å². The Labute approximate surface area is 103 Å². The van der Waals surface area contributed by atoms with Gasteiger partial charge in [0.2, 0.25) is 5.91 Å². The molecule has 1 saturated heterocycles. The van der Waals surface area contributed by atoms with Crippen molar-refractivity contribution >= 4 is 5.91 Å². The van der Waals surface area contributed by atoms with E-state index in [2.05, 4.69) is 5.32 Å². The molecule has 0 radical (unpaired) electrons. The number of hydrogen-bond acceptors (Lipinski definition) is 4. The third kappa shape index (κ3) is 5.16. The summed E-state index contributed by atoms with van der Waals surface area (Å²) < 4.78 is 0. The third-order valence-corrected chi connectivity index (χ3v) is 3.08. The fourth-order valence-corrected chi connectivity index (χ4v) is 2.05. The largest absolute Gasteiger partial charge is 0.344 e. The van der Waals surface area contributed by atoms with E-state index in [1.807, 2.05) is 18.0 Å². The summed E-state index contributed by atoms with van der Waals surface area (Å²) in [6, 6.07) is 2.57. The van der Waals surface area contributed by atoms with Crippen LogP contribution in [0, 0.1) is 11.3 Å². The normalized spacial score (nSPS) is 19.3. The number of carbonyl (C=O) groups excluding carboxylic acids is 1. The SMILES string of the molecule is CN(CC(=O)N(C)CCC#N)CC1CCCN1. The van der Waals surface area contributed by atoms with E-state index in [1.54, 1.807) is 11.9 Å². The van der Waals surface area contributed by atoms with Gasteiger partial charge in [0.25, 0.3) is 0 Å².